The van der Waals surface area contributed by atoms with Crippen LogP contribution in [0.15, 0.2) is 205 Å². The zero-order valence-electron chi connectivity index (χ0n) is 29.8. The normalized spacial score (nSPS) is 11.6. The van der Waals surface area contributed by atoms with Gasteiger partial charge in [-0.2, -0.15) is 0 Å². The van der Waals surface area contributed by atoms with Gasteiger partial charge in [-0.15, -0.1) is 11.3 Å². The van der Waals surface area contributed by atoms with Crippen molar-refractivity contribution in [1.82, 2.24) is 0 Å². The largest absolute Gasteiger partial charge is 0.456 e. The lowest BCUT2D eigenvalue weighted by Crippen LogP contribution is -2.11. The molecule has 11 rings (SSSR count). The Morgan fingerprint density at radius 2 is 0.982 bits per heavy atom. The van der Waals surface area contributed by atoms with Gasteiger partial charge in [0.1, 0.15) is 11.2 Å². The van der Waals surface area contributed by atoms with Crippen LogP contribution in [0.1, 0.15) is 0 Å². The summed E-state index contributed by atoms with van der Waals surface area (Å²) in [6, 6.07) is 72.3. The third-order valence-electron chi connectivity index (χ3n) is 10.9. The van der Waals surface area contributed by atoms with Crippen LogP contribution in [0.5, 0.6) is 0 Å². The number of rotatable bonds is 6. The van der Waals surface area contributed by atoms with Gasteiger partial charge in [0.15, 0.2) is 0 Å². The molecule has 0 aliphatic carbocycles. The molecule has 0 saturated carbocycles. The van der Waals surface area contributed by atoms with E-state index in [1.807, 2.05) is 17.4 Å². The summed E-state index contributed by atoms with van der Waals surface area (Å²) in [7, 11) is 0. The van der Waals surface area contributed by atoms with Crippen LogP contribution < -0.4 is 4.90 Å². The second-order valence-electron chi connectivity index (χ2n) is 14.0. The molecule has 2 heterocycles. The SMILES string of the molecule is c1cc(-c2ccccc2-c2ccc3ccccc3c2)cc(N(c2ccccc2-c2cccc3oc4ccccc4c23)c2cccc3sc4ccccc4c23)c1. The summed E-state index contributed by atoms with van der Waals surface area (Å²) in [5, 5.41) is 7.25. The molecule has 9 aromatic carbocycles. The van der Waals surface area contributed by atoms with E-state index in [1.165, 1.54) is 47.6 Å². The number of fused-ring (bicyclic) bond motifs is 7. The van der Waals surface area contributed by atoms with Gasteiger partial charge in [0.25, 0.3) is 0 Å². The Kier molecular flexibility index (Phi) is 7.39. The minimum absolute atomic E-state index is 0.887. The molecule has 0 radical (unpaired) electrons. The van der Waals surface area contributed by atoms with Gasteiger partial charge in [0.2, 0.25) is 0 Å². The number of hydrogen-bond donors (Lipinski definition) is 0. The van der Waals surface area contributed by atoms with Crippen molar-refractivity contribution in [2.45, 2.75) is 0 Å². The maximum atomic E-state index is 6.40. The van der Waals surface area contributed by atoms with E-state index < -0.39 is 0 Å². The molecule has 0 fully saturated rings. The van der Waals surface area contributed by atoms with Crippen LogP contribution in [0.25, 0.3) is 86.3 Å². The molecule has 0 aliphatic heterocycles. The first-order valence-electron chi connectivity index (χ1n) is 18.7. The van der Waals surface area contributed by atoms with E-state index in [0.29, 0.717) is 0 Å². The number of benzene rings is 9. The molecule has 2 nitrogen and oxygen atoms in total. The Hall–Kier alpha value is -6.94. The lowest BCUT2D eigenvalue weighted by Gasteiger charge is -2.29. The Bertz CT molecular complexity index is 3240. The van der Waals surface area contributed by atoms with Gasteiger partial charge in [-0.1, -0.05) is 146 Å². The average Bonchev–Trinajstić information content (AvgIpc) is 3.83. The van der Waals surface area contributed by atoms with Gasteiger partial charge in [0.05, 0.1) is 11.4 Å². The van der Waals surface area contributed by atoms with Gasteiger partial charge < -0.3 is 9.32 Å². The molecule has 258 valence electrons. The van der Waals surface area contributed by atoms with Crippen molar-refractivity contribution < 1.29 is 4.42 Å². The van der Waals surface area contributed by atoms with Crippen LogP contribution in [-0.2, 0) is 0 Å². The van der Waals surface area contributed by atoms with E-state index in [2.05, 4.69) is 199 Å². The Morgan fingerprint density at radius 3 is 1.87 bits per heavy atom. The number of thiophene rings is 1. The van der Waals surface area contributed by atoms with Gasteiger partial charge in [-0.25, -0.2) is 0 Å². The zero-order valence-corrected chi connectivity index (χ0v) is 30.6. The first kappa shape index (κ1) is 31.6. The molecule has 0 saturated heterocycles. The topological polar surface area (TPSA) is 16.4 Å². The van der Waals surface area contributed by atoms with Crippen molar-refractivity contribution in [2.24, 2.45) is 0 Å². The lowest BCUT2D eigenvalue weighted by molar-refractivity contribution is 0.669. The van der Waals surface area contributed by atoms with Gasteiger partial charge in [-0.3, -0.25) is 0 Å². The van der Waals surface area contributed by atoms with Crippen LogP contribution in [0.3, 0.4) is 0 Å². The third kappa shape index (κ3) is 5.24. The summed E-state index contributed by atoms with van der Waals surface area (Å²) < 4.78 is 8.95. The molecule has 0 amide bonds. The fraction of sp³-hybridized carbons (Fsp3) is 0. The molecule has 2 aromatic heterocycles. The fourth-order valence-electron chi connectivity index (χ4n) is 8.40. The monoisotopic (exact) mass is 719 g/mol. The molecule has 0 atom stereocenters. The summed E-state index contributed by atoms with van der Waals surface area (Å²) in [6.45, 7) is 0. The summed E-state index contributed by atoms with van der Waals surface area (Å²) in [4.78, 5) is 2.47. The van der Waals surface area contributed by atoms with Crippen molar-refractivity contribution in [2.75, 3.05) is 4.90 Å². The number of anilines is 3. The predicted molar refractivity (Wildman–Crippen MR) is 235 cm³/mol. The van der Waals surface area contributed by atoms with Crippen LogP contribution in [0.2, 0.25) is 0 Å². The molecular formula is C52H33NOS. The van der Waals surface area contributed by atoms with E-state index in [4.69, 9.17) is 4.42 Å². The highest BCUT2D eigenvalue weighted by atomic mass is 32.1. The quantitative estimate of drug-likeness (QED) is 0.170. The van der Waals surface area contributed by atoms with Crippen LogP contribution >= 0.6 is 11.3 Å². The zero-order chi connectivity index (χ0) is 36.3. The predicted octanol–water partition coefficient (Wildman–Crippen LogP) is 15.6. The van der Waals surface area contributed by atoms with Gasteiger partial charge in [0, 0.05) is 42.2 Å². The van der Waals surface area contributed by atoms with E-state index in [1.54, 1.807) is 0 Å². The maximum Gasteiger partial charge on any atom is 0.136 e. The minimum atomic E-state index is 0.887. The third-order valence-corrected chi connectivity index (χ3v) is 12.0. The standard InChI is InChI=1S/C52H33NOS/c1-2-15-35-32-37(31-30-34(35)14-1)40-19-4-3-18-39(40)36-16-11-17-38(33-36)53(46-25-13-29-50-52(46)44-22-7-10-28-49(44)55-50)45-24-8-5-20-41(45)42-23-12-27-48-51(42)43-21-6-9-26-47(43)54-48/h1-33H. The smallest absolute Gasteiger partial charge is 0.136 e. The molecule has 0 unspecified atom stereocenters. The number of para-hydroxylation sites is 2. The Labute approximate surface area is 322 Å². The van der Waals surface area contributed by atoms with Crippen LogP contribution in [0.4, 0.5) is 17.1 Å². The first-order valence-corrected chi connectivity index (χ1v) is 19.5. The average molecular weight is 720 g/mol. The van der Waals surface area contributed by atoms with E-state index >= 15 is 0 Å². The summed E-state index contributed by atoms with van der Waals surface area (Å²) in [5.74, 6) is 0. The number of furan rings is 1. The maximum absolute atomic E-state index is 6.40. The molecule has 11 aromatic rings. The van der Waals surface area contributed by atoms with Crippen LogP contribution in [-0.4, -0.2) is 0 Å². The molecule has 0 spiro atoms. The van der Waals surface area contributed by atoms with Crippen molar-refractivity contribution in [3.63, 3.8) is 0 Å². The van der Waals surface area contributed by atoms with Crippen LogP contribution in [0, 0.1) is 0 Å². The fourth-order valence-corrected chi connectivity index (χ4v) is 9.53. The van der Waals surface area contributed by atoms with Crippen molar-refractivity contribution in [3.8, 4) is 33.4 Å². The summed E-state index contributed by atoms with van der Waals surface area (Å²) in [6.07, 6.45) is 0. The molecule has 0 aliphatic rings. The van der Waals surface area contributed by atoms with Crippen molar-refractivity contribution in [1.29, 1.82) is 0 Å². The van der Waals surface area contributed by atoms with Crippen molar-refractivity contribution in [3.05, 3.63) is 200 Å². The summed E-state index contributed by atoms with van der Waals surface area (Å²) >= 11 is 1.85. The number of hydrogen-bond acceptors (Lipinski definition) is 3. The summed E-state index contributed by atoms with van der Waals surface area (Å²) in [5.41, 5.74) is 12.2. The molecular weight excluding hydrogens is 687 g/mol. The minimum Gasteiger partial charge on any atom is -0.456 e. The molecule has 0 N–H and O–H groups in total. The highest BCUT2D eigenvalue weighted by Crippen LogP contribution is 2.49. The lowest BCUT2D eigenvalue weighted by atomic mass is 9.92. The van der Waals surface area contributed by atoms with Gasteiger partial charge >= 0.3 is 0 Å². The van der Waals surface area contributed by atoms with Crippen molar-refractivity contribution >= 4 is 81.3 Å². The Morgan fingerprint density at radius 1 is 0.364 bits per heavy atom. The highest BCUT2D eigenvalue weighted by molar-refractivity contribution is 7.26. The van der Waals surface area contributed by atoms with Gasteiger partial charge in [-0.05, 0) is 93.2 Å². The molecule has 55 heavy (non-hydrogen) atoms. The molecule has 3 heteroatoms. The second-order valence-corrected chi connectivity index (χ2v) is 15.1. The van der Waals surface area contributed by atoms with E-state index in [0.717, 1.165) is 55.7 Å². The first-order chi connectivity index (χ1) is 27.3. The van der Waals surface area contributed by atoms with E-state index in [-0.39, 0.29) is 0 Å². The molecule has 0 bridgehead atoms. The van der Waals surface area contributed by atoms with E-state index in [9.17, 15) is 0 Å². The number of nitrogens with zero attached hydrogens (tertiary/aromatic N) is 1. The Balaban J connectivity index is 1.16. The second kappa shape index (κ2) is 12.9. The highest BCUT2D eigenvalue weighted by Gasteiger charge is 2.23.